The molecule has 0 saturated carbocycles. The van der Waals surface area contributed by atoms with Crippen molar-refractivity contribution in [2.24, 2.45) is 0 Å². The van der Waals surface area contributed by atoms with E-state index in [4.69, 9.17) is 0 Å². The normalized spacial score (nSPS) is 10.0. The number of carbonyl (C=O) groups excluding carboxylic acids is 2. The second kappa shape index (κ2) is 10.5. The monoisotopic (exact) mass is 404 g/mol. The van der Waals surface area contributed by atoms with E-state index >= 15 is 0 Å². The van der Waals surface area contributed by atoms with Crippen LogP contribution < -0.4 is 0 Å². The van der Waals surface area contributed by atoms with Crippen molar-refractivity contribution in [3.05, 3.63) is 117 Å². The van der Waals surface area contributed by atoms with Gasteiger partial charge in [0.2, 0.25) is 0 Å². The maximum atomic E-state index is 11.7. The highest BCUT2D eigenvalue weighted by molar-refractivity contribution is 7.12. The average Bonchev–Trinajstić information content (AvgIpc) is 3.44. The zero-order chi connectivity index (χ0) is 19.6. The lowest BCUT2D eigenvalue weighted by molar-refractivity contribution is 0.0988. The lowest BCUT2D eigenvalue weighted by Gasteiger charge is -1.97. The van der Waals surface area contributed by atoms with Crippen LogP contribution in [0.5, 0.6) is 0 Å². The number of ketones is 2. The van der Waals surface area contributed by atoms with Gasteiger partial charge in [0.1, 0.15) is 0 Å². The third kappa shape index (κ3) is 6.12. The van der Waals surface area contributed by atoms with Gasteiger partial charge in [0.15, 0.2) is 11.6 Å². The zero-order valence-corrected chi connectivity index (χ0v) is 16.9. The van der Waals surface area contributed by atoms with E-state index in [0.29, 0.717) is 12.8 Å². The zero-order valence-electron chi connectivity index (χ0n) is 15.3. The van der Waals surface area contributed by atoms with Gasteiger partial charge in [0.25, 0.3) is 0 Å². The van der Waals surface area contributed by atoms with Crippen LogP contribution in [0.15, 0.2) is 95.7 Å². The molecule has 140 valence electrons. The van der Waals surface area contributed by atoms with Gasteiger partial charge in [-0.3, -0.25) is 9.59 Å². The van der Waals surface area contributed by atoms with Crippen molar-refractivity contribution in [3.63, 3.8) is 0 Å². The third-order valence-corrected chi connectivity index (χ3v) is 5.83. The first-order valence-electron chi connectivity index (χ1n) is 8.93. The molecule has 4 heteroatoms. The topological polar surface area (TPSA) is 34.1 Å². The lowest BCUT2D eigenvalue weighted by Crippen LogP contribution is -2.00. The quantitative estimate of drug-likeness (QED) is 0.351. The van der Waals surface area contributed by atoms with Crippen LogP contribution in [0.4, 0.5) is 0 Å². The van der Waals surface area contributed by atoms with Crippen molar-refractivity contribution in [1.82, 2.24) is 0 Å². The Morgan fingerprint density at radius 2 is 0.929 bits per heavy atom. The summed E-state index contributed by atoms with van der Waals surface area (Å²) < 4.78 is 0. The fraction of sp³-hybridized carbons (Fsp3) is 0.0833. The summed E-state index contributed by atoms with van der Waals surface area (Å²) in [5.74, 6) is 0.400. The van der Waals surface area contributed by atoms with Gasteiger partial charge in [0, 0.05) is 12.8 Å². The largest absolute Gasteiger partial charge is 0.293 e. The van der Waals surface area contributed by atoms with Gasteiger partial charge < -0.3 is 0 Å². The summed E-state index contributed by atoms with van der Waals surface area (Å²) in [5.41, 5.74) is 2.15. The molecule has 28 heavy (non-hydrogen) atoms. The van der Waals surface area contributed by atoms with Crippen LogP contribution in [0.25, 0.3) is 0 Å². The van der Waals surface area contributed by atoms with Gasteiger partial charge in [0.05, 0.1) is 9.75 Å². The molecule has 0 atom stereocenters. The lowest BCUT2D eigenvalue weighted by atomic mass is 10.1. The summed E-state index contributed by atoms with van der Waals surface area (Å²) in [7, 11) is 0. The van der Waals surface area contributed by atoms with Gasteiger partial charge in [-0.05, 0) is 34.0 Å². The number of Topliss-reactive ketones (excluding diaryl/α,β-unsaturated/α-hetero) is 2. The van der Waals surface area contributed by atoms with Gasteiger partial charge in [-0.15, -0.1) is 22.7 Å². The van der Waals surface area contributed by atoms with Crippen LogP contribution in [0, 0.1) is 0 Å². The summed E-state index contributed by atoms with van der Waals surface area (Å²) in [6, 6.07) is 27.2. The molecule has 0 saturated heterocycles. The van der Waals surface area contributed by atoms with Gasteiger partial charge >= 0.3 is 0 Å². The van der Waals surface area contributed by atoms with E-state index < -0.39 is 0 Å². The minimum atomic E-state index is 0.200. The summed E-state index contributed by atoms with van der Waals surface area (Å²) in [4.78, 5) is 25.1. The second-order valence-corrected chi connectivity index (χ2v) is 8.02. The molecule has 0 radical (unpaired) electrons. The summed E-state index contributed by atoms with van der Waals surface area (Å²) in [6.45, 7) is 0. The van der Waals surface area contributed by atoms with Crippen molar-refractivity contribution in [3.8, 4) is 0 Å². The molecule has 0 aliphatic rings. The Morgan fingerprint density at radius 3 is 1.25 bits per heavy atom. The number of rotatable bonds is 6. The number of benzene rings is 2. The van der Waals surface area contributed by atoms with E-state index in [-0.39, 0.29) is 11.6 Å². The Kier molecular flexibility index (Phi) is 7.47. The predicted molar refractivity (Wildman–Crippen MR) is 118 cm³/mol. The molecule has 0 aliphatic heterocycles. The van der Waals surface area contributed by atoms with Crippen molar-refractivity contribution < 1.29 is 9.59 Å². The minimum Gasteiger partial charge on any atom is -0.293 e. The number of hydrogen-bond donors (Lipinski definition) is 0. The molecule has 4 aromatic rings. The smallest absolute Gasteiger partial charge is 0.177 e. The first-order chi connectivity index (χ1) is 13.7. The molecule has 2 nitrogen and oxygen atoms in total. The molecule has 2 aromatic heterocycles. The average molecular weight is 405 g/mol. The molecular weight excluding hydrogens is 384 g/mol. The maximum Gasteiger partial charge on any atom is 0.177 e. The molecule has 0 bridgehead atoms. The molecule has 2 heterocycles. The highest BCUT2D eigenvalue weighted by Gasteiger charge is 2.07. The van der Waals surface area contributed by atoms with Crippen LogP contribution in [0.1, 0.15) is 30.5 Å². The van der Waals surface area contributed by atoms with Crippen molar-refractivity contribution in [2.45, 2.75) is 12.8 Å². The Morgan fingerprint density at radius 1 is 0.536 bits per heavy atom. The van der Waals surface area contributed by atoms with E-state index in [9.17, 15) is 9.59 Å². The molecule has 2 aromatic carbocycles. The molecule has 0 N–H and O–H groups in total. The van der Waals surface area contributed by atoms with E-state index in [2.05, 4.69) is 0 Å². The van der Waals surface area contributed by atoms with Crippen molar-refractivity contribution in [2.75, 3.05) is 0 Å². The third-order valence-electron chi connectivity index (χ3n) is 4.01. The fourth-order valence-corrected chi connectivity index (χ4v) is 3.94. The van der Waals surface area contributed by atoms with Gasteiger partial charge in [-0.2, -0.15) is 0 Å². The SMILES string of the molecule is O=C(Cc1ccccc1)c1cccs1.O=C(Cc1ccccc1)c1cccs1. The number of carbonyl (C=O) groups is 2. The van der Waals surface area contributed by atoms with Gasteiger partial charge in [-0.1, -0.05) is 72.8 Å². The number of hydrogen-bond acceptors (Lipinski definition) is 4. The van der Waals surface area contributed by atoms with Crippen LogP contribution in [0.2, 0.25) is 0 Å². The first-order valence-corrected chi connectivity index (χ1v) is 10.7. The Hall–Kier alpha value is -2.82. The molecule has 0 unspecified atom stereocenters. The van der Waals surface area contributed by atoms with Crippen molar-refractivity contribution >= 4 is 34.2 Å². The highest BCUT2D eigenvalue weighted by atomic mass is 32.1. The Bertz CT molecular complexity index is 890. The molecule has 0 fully saturated rings. The maximum absolute atomic E-state index is 11.7. The second-order valence-electron chi connectivity index (χ2n) is 6.13. The predicted octanol–water partition coefficient (Wildman–Crippen LogP) is 6.35. The molecule has 0 amide bonds. The Balaban J connectivity index is 0.000000161. The standard InChI is InChI=1S/2C12H10OS/c2*13-11(12-7-4-8-14-12)9-10-5-2-1-3-6-10/h2*1-8H,9H2. The summed E-state index contributed by atoms with van der Waals surface area (Å²) in [6.07, 6.45) is 1.00. The van der Waals surface area contributed by atoms with E-state index in [1.807, 2.05) is 95.7 Å². The fourth-order valence-electron chi connectivity index (χ4n) is 2.61. The summed E-state index contributed by atoms with van der Waals surface area (Å²) in [5, 5.41) is 3.86. The van der Waals surface area contributed by atoms with E-state index in [0.717, 1.165) is 20.9 Å². The van der Waals surface area contributed by atoms with Crippen LogP contribution in [0.3, 0.4) is 0 Å². The molecule has 4 rings (SSSR count). The summed E-state index contributed by atoms with van der Waals surface area (Å²) >= 11 is 3.00. The van der Waals surface area contributed by atoms with Gasteiger partial charge in [-0.25, -0.2) is 0 Å². The van der Waals surface area contributed by atoms with E-state index in [1.54, 1.807) is 0 Å². The number of thiophene rings is 2. The highest BCUT2D eigenvalue weighted by Crippen LogP contribution is 2.13. The van der Waals surface area contributed by atoms with E-state index in [1.165, 1.54) is 22.7 Å². The minimum absolute atomic E-state index is 0.200. The van der Waals surface area contributed by atoms with Crippen molar-refractivity contribution in [1.29, 1.82) is 0 Å². The van der Waals surface area contributed by atoms with Crippen LogP contribution >= 0.6 is 22.7 Å². The van der Waals surface area contributed by atoms with Crippen LogP contribution in [-0.4, -0.2) is 11.6 Å². The van der Waals surface area contributed by atoms with Crippen LogP contribution in [-0.2, 0) is 12.8 Å². The first kappa shape index (κ1) is 19.9. The molecule has 0 spiro atoms. The molecule has 0 aliphatic carbocycles. The molecular formula is C24H20O2S2. The Labute approximate surface area is 173 Å².